The van der Waals surface area contributed by atoms with Crippen LogP contribution in [0.5, 0.6) is 0 Å². The molecule has 0 aliphatic carbocycles. The first kappa shape index (κ1) is 13.0. The average molecular weight is 238 g/mol. The van der Waals surface area contributed by atoms with E-state index in [2.05, 4.69) is 11.3 Å². The van der Waals surface area contributed by atoms with Crippen LogP contribution in [0, 0.1) is 0 Å². The van der Waals surface area contributed by atoms with Crippen LogP contribution in [-0.2, 0) is 14.3 Å². The van der Waals surface area contributed by atoms with Crippen molar-refractivity contribution < 1.29 is 27.4 Å². The first-order valence-electron chi connectivity index (χ1n) is 4.88. The summed E-state index contributed by atoms with van der Waals surface area (Å²) in [5, 5.41) is 0. The summed E-state index contributed by atoms with van der Waals surface area (Å²) in [5.41, 5.74) is 0. The molecule has 6 heteroatoms. The normalized spacial score (nSPS) is 26.8. The van der Waals surface area contributed by atoms with Gasteiger partial charge >= 0.3 is 12.1 Å². The SMILES string of the molecule is C=CC(=O)OC(C)CC1CC(C(F)(F)F)O1. The number of halogens is 3. The van der Waals surface area contributed by atoms with Crippen LogP contribution in [0.1, 0.15) is 19.8 Å². The Kier molecular flexibility index (Phi) is 3.96. The first-order chi connectivity index (χ1) is 7.32. The lowest BCUT2D eigenvalue weighted by atomic mass is 9.99. The molecule has 3 atom stereocenters. The van der Waals surface area contributed by atoms with Gasteiger partial charge in [-0.2, -0.15) is 13.2 Å². The molecule has 0 N–H and O–H groups in total. The Labute approximate surface area is 91.2 Å². The molecular formula is C10H13F3O3. The fourth-order valence-electron chi connectivity index (χ4n) is 1.49. The molecule has 92 valence electrons. The smallest absolute Gasteiger partial charge is 0.414 e. The van der Waals surface area contributed by atoms with E-state index in [1.165, 1.54) is 0 Å². The zero-order chi connectivity index (χ0) is 12.3. The monoisotopic (exact) mass is 238 g/mol. The van der Waals surface area contributed by atoms with Crippen molar-refractivity contribution in [3.05, 3.63) is 12.7 Å². The van der Waals surface area contributed by atoms with Gasteiger partial charge in [0.25, 0.3) is 0 Å². The second-order valence-electron chi connectivity index (χ2n) is 3.71. The Morgan fingerprint density at radius 1 is 1.69 bits per heavy atom. The molecule has 16 heavy (non-hydrogen) atoms. The van der Waals surface area contributed by atoms with Crippen LogP contribution in [0.2, 0.25) is 0 Å². The molecule has 0 amide bonds. The Bertz CT molecular complexity index is 269. The van der Waals surface area contributed by atoms with Crippen LogP contribution in [0.3, 0.4) is 0 Å². The van der Waals surface area contributed by atoms with E-state index in [-0.39, 0.29) is 12.8 Å². The largest absolute Gasteiger partial charge is 0.459 e. The summed E-state index contributed by atoms with van der Waals surface area (Å²) in [6.45, 7) is 4.82. The van der Waals surface area contributed by atoms with Gasteiger partial charge in [0.15, 0.2) is 6.10 Å². The molecule has 1 saturated heterocycles. The zero-order valence-electron chi connectivity index (χ0n) is 8.79. The maximum absolute atomic E-state index is 12.1. The van der Waals surface area contributed by atoms with Crippen molar-refractivity contribution >= 4 is 5.97 Å². The Balaban J connectivity index is 2.22. The molecule has 1 aliphatic rings. The highest BCUT2D eigenvalue weighted by atomic mass is 19.4. The lowest BCUT2D eigenvalue weighted by Gasteiger charge is -2.37. The standard InChI is InChI=1S/C10H13F3O3/c1-3-9(14)15-6(2)4-7-5-8(16-7)10(11,12)13/h3,6-8H,1,4-5H2,2H3. The van der Waals surface area contributed by atoms with E-state index >= 15 is 0 Å². The summed E-state index contributed by atoms with van der Waals surface area (Å²) in [6.07, 6.45) is -5.71. The summed E-state index contributed by atoms with van der Waals surface area (Å²) < 4.78 is 45.6. The molecular weight excluding hydrogens is 225 g/mol. The number of alkyl halides is 3. The van der Waals surface area contributed by atoms with Gasteiger partial charge in [0.2, 0.25) is 0 Å². The van der Waals surface area contributed by atoms with Crippen LogP contribution in [0.4, 0.5) is 13.2 Å². The molecule has 0 aromatic rings. The van der Waals surface area contributed by atoms with E-state index in [4.69, 9.17) is 4.74 Å². The van der Waals surface area contributed by atoms with E-state index in [1.54, 1.807) is 6.92 Å². The van der Waals surface area contributed by atoms with E-state index in [1.807, 2.05) is 0 Å². The number of ether oxygens (including phenoxy) is 2. The number of rotatable bonds is 4. The maximum Gasteiger partial charge on any atom is 0.414 e. The van der Waals surface area contributed by atoms with Crippen molar-refractivity contribution in [2.45, 2.75) is 44.3 Å². The molecule has 1 rings (SSSR count). The van der Waals surface area contributed by atoms with Gasteiger partial charge in [-0.1, -0.05) is 6.58 Å². The zero-order valence-corrected chi connectivity index (χ0v) is 8.79. The quantitative estimate of drug-likeness (QED) is 0.556. The Morgan fingerprint density at radius 2 is 2.25 bits per heavy atom. The summed E-state index contributed by atoms with van der Waals surface area (Å²) in [6, 6.07) is 0. The topological polar surface area (TPSA) is 35.5 Å². The third kappa shape index (κ3) is 3.52. The molecule has 0 saturated carbocycles. The molecule has 1 heterocycles. The van der Waals surface area contributed by atoms with Crippen LogP contribution in [0.25, 0.3) is 0 Å². The van der Waals surface area contributed by atoms with Crippen molar-refractivity contribution in [1.82, 2.24) is 0 Å². The van der Waals surface area contributed by atoms with Crippen LogP contribution >= 0.6 is 0 Å². The minimum Gasteiger partial charge on any atom is -0.459 e. The molecule has 0 aromatic carbocycles. The number of carbonyl (C=O) groups excluding carboxylic acids is 1. The summed E-state index contributed by atoms with van der Waals surface area (Å²) in [7, 11) is 0. The molecule has 0 spiro atoms. The first-order valence-corrected chi connectivity index (χ1v) is 4.88. The second kappa shape index (κ2) is 4.86. The number of carbonyl (C=O) groups is 1. The van der Waals surface area contributed by atoms with Gasteiger partial charge in [-0.05, 0) is 6.92 Å². The fourth-order valence-corrected chi connectivity index (χ4v) is 1.49. The van der Waals surface area contributed by atoms with Crippen LogP contribution < -0.4 is 0 Å². The molecule has 1 aliphatic heterocycles. The third-order valence-electron chi connectivity index (χ3n) is 2.28. The highest BCUT2D eigenvalue weighted by molar-refractivity contribution is 5.81. The summed E-state index contributed by atoms with van der Waals surface area (Å²) in [4.78, 5) is 10.8. The van der Waals surface area contributed by atoms with E-state index in [0.29, 0.717) is 0 Å². The minimum absolute atomic E-state index is 0.0700. The predicted octanol–water partition coefficient (Wildman–Crippen LogP) is 2.21. The summed E-state index contributed by atoms with van der Waals surface area (Å²) in [5.74, 6) is -0.584. The van der Waals surface area contributed by atoms with Crippen LogP contribution in [-0.4, -0.2) is 30.5 Å². The molecule has 0 bridgehead atoms. The van der Waals surface area contributed by atoms with Gasteiger partial charge in [-0.3, -0.25) is 0 Å². The molecule has 0 radical (unpaired) electrons. The Morgan fingerprint density at radius 3 is 2.69 bits per heavy atom. The van der Waals surface area contributed by atoms with Gasteiger partial charge < -0.3 is 9.47 Å². The predicted molar refractivity (Wildman–Crippen MR) is 49.7 cm³/mol. The maximum atomic E-state index is 12.1. The van der Waals surface area contributed by atoms with Crippen molar-refractivity contribution in [2.75, 3.05) is 0 Å². The number of hydrogen-bond acceptors (Lipinski definition) is 3. The van der Waals surface area contributed by atoms with E-state index in [0.717, 1.165) is 6.08 Å². The van der Waals surface area contributed by atoms with Gasteiger partial charge in [-0.15, -0.1) is 0 Å². The van der Waals surface area contributed by atoms with Gasteiger partial charge in [0.1, 0.15) is 6.10 Å². The highest BCUT2D eigenvalue weighted by Gasteiger charge is 2.49. The van der Waals surface area contributed by atoms with Crippen molar-refractivity contribution in [3.8, 4) is 0 Å². The van der Waals surface area contributed by atoms with Gasteiger partial charge in [0.05, 0.1) is 6.10 Å². The minimum atomic E-state index is -4.29. The van der Waals surface area contributed by atoms with Crippen molar-refractivity contribution in [3.63, 3.8) is 0 Å². The van der Waals surface area contributed by atoms with Crippen molar-refractivity contribution in [2.24, 2.45) is 0 Å². The van der Waals surface area contributed by atoms with E-state index in [9.17, 15) is 18.0 Å². The van der Waals surface area contributed by atoms with E-state index < -0.39 is 30.5 Å². The molecule has 0 aromatic heterocycles. The summed E-state index contributed by atoms with van der Waals surface area (Å²) >= 11 is 0. The molecule has 3 nitrogen and oxygen atoms in total. The number of hydrogen-bond donors (Lipinski definition) is 0. The van der Waals surface area contributed by atoms with Crippen LogP contribution in [0.15, 0.2) is 12.7 Å². The second-order valence-corrected chi connectivity index (χ2v) is 3.71. The number of esters is 1. The Hall–Kier alpha value is -1.04. The van der Waals surface area contributed by atoms with Crippen molar-refractivity contribution in [1.29, 1.82) is 0 Å². The highest BCUT2D eigenvalue weighted by Crippen LogP contribution is 2.36. The molecule has 1 fully saturated rings. The fraction of sp³-hybridized carbons (Fsp3) is 0.700. The lowest BCUT2D eigenvalue weighted by Crippen LogP contribution is -2.48. The van der Waals surface area contributed by atoms with Gasteiger partial charge in [0, 0.05) is 18.9 Å². The lowest BCUT2D eigenvalue weighted by molar-refractivity contribution is -0.289. The third-order valence-corrected chi connectivity index (χ3v) is 2.28. The van der Waals surface area contributed by atoms with Gasteiger partial charge in [-0.25, -0.2) is 4.79 Å². The molecule has 3 unspecified atom stereocenters. The average Bonchev–Trinajstić information content (AvgIpc) is 2.08.